The SMILES string of the molecule is CC#CCn1c(N2CCC[C@@H](N)C2)nc2c1c(=O)n(Cc1ccc(C#N)cn1)c(=O)n2-c1ccccc1. The Labute approximate surface area is 213 Å². The van der Waals surface area contributed by atoms with Crippen molar-refractivity contribution in [2.75, 3.05) is 18.0 Å². The highest BCUT2D eigenvalue weighted by Gasteiger charge is 2.27. The van der Waals surface area contributed by atoms with E-state index >= 15 is 0 Å². The van der Waals surface area contributed by atoms with Crippen LogP contribution in [-0.4, -0.2) is 42.8 Å². The van der Waals surface area contributed by atoms with Gasteiger partial charge in [0.15, 0.2) is 11.2 Å². The summed E-state index contributed by atoms with van der Waals surface area (Å²) in [6, 6.07) is 14.4. The lowest BCUT2D eigenvalue weighted by Crippen LogP contribution is -2.44. The van der Waals surface area contributed by atoms with Gasteiger partial charge in [-0.2, -0.15) is 10.2 Å². The highest BCUT2D eigenvalue weighted by molar-refractivity contribution is 5.76. The molecule has 4 heterocycles. The Morgan fingerprint density at radius 2 is 1.95 bits per heavy atom. The second-order valence-corrected chi connectivity index (χ2v) is 8.94. The van der Waals surface area contributed by atoms with Gasteiger partial charge < -0.3 is 10.6 Å². The van der Waals surface area contributed by atoms with Gasteiger partial charge in [-0.15, -0.1) is 5.92 Å². The van der Waals surface area contributed by atoms with Crippen molar-refractivity contribution in [3.05, 3.63) is 80.8 Å². The number of benzene rings is 1. The monoisotopic (exact) mass is 494 g/mol. The van der Waals surface area contributed by atoms with E-state index < -0.39 is 11.2 Å². The summed E-state index contributed by atoms with van der Waals surface area (Å²) >= 11 is 0. The van der Waals surface area contributed by atoms with Gasteiger partial charge in [-0.3, -0.25) is 18.9 Å². The van der Waals surface area contributed by atoms with Crippen LogP contribution in [-0.2, 0) is 13.1 Å². The lowest BCUT2D eigenvalue weighted by atomic mass is 10.1. The molecule has 0 aliphatic carbocycles. The Hall–Kier alpha value is -4.67. The summed E-state index contributed by atoms with van der Waals surface area (Å²) in [4.78, 5) is 38.9. The maximum Gasteiger partial charge on any atom is 0.337 e. The maximum absolute atomic E-state index is 13.9. The van der Waals surface area contributed by atoms with Crippen LogP contribution in [0.3, 0.4) is 0 Å². The van der Waals surface area contributed by atoms with Gasteiger partial charge in [0, 0.05) is 25.3 Å². The minimum Gasteiger partial charge on any atom is -0.341 e. The van der Waals surface area contributed by atoms with Crippen molar-refractivity contribution in [1.82, 2.24) is 23.7 Å². The number of anilines is 1. The zero-order valence-electron chi connectivity index (χ0n) is 20.5. The normalized spacial score (nSPS) is 15.3. The van der Waals surface area contributed by atoms with Crippen LogP contribution in [0.2, 0.25) is 0 Å². The number of hydrogen-bond donors (Lipinski definition) is 1. The van der Waals surface area contributed by atoms with Crippen molar-refractivity contribution in [2.24, 2.45) is 5.73 Å². The van der Waals surface area contributed by atoms with Gasteiger partial charge in [0.25, 0.3) is 5.56 Å². The molecule has 1 aliphatic rings. The molecule has 186 valence electrons. The predicted molar refractivity (Wildman–Crippen MR) is 141 cm³/mol. The zero-order chi connectivity index (χ0) is 25.9. The van der Waals surface area contributed by atoms with E-state index in [0.29, 0.717) is 29.4 Å². The molecular formula is C27H26N8O2. The van der Waals surface area contributed by atoms with Crippen LogP contribution in [0.25, 0.3) is 16.9 Å². The van der Waals surface area contributed by atoms with Gasteiger partial charge in [-0.25, -0.2) is 9.36 Å². The van der Waals surface area contributed by atoms with Crippen molar-refractivity contribution < 1.29 is 0 Å². The summed E-state index contributed by atoms with van der Waals surface area (Å²) in [5, 5.41) is 9.08. The number of nitriles is 1. The first-order valence-electron chi connectivity index (χ1n) is 12.1. The summed E-state index contributed by atoms with van der Waals surface area (Å²) in [5.41, 5.74) is 7.29. The third-order valence-electron chi connectivity index (χ3n) is 6.45. The summed E-state index contributed by atoms with van der Waals surface area (Å²) < 4.78 is 4.41. The molecule has 1 aliphatic heterocycles. The number of rotatable bonds is 5. The summed E-state index contributed by atoms with van der Waals surface area (Å²) in [5.74, 6) is 6.52. The molecular weight excluding hydrogens is 468 g/mol. The Morgan fingerprint density at radius 3 is 2.62 bits per heavy atom. The minimum atomic E-state index is -0.525. The number of aromatic nitrogens is 5. The quantitative estimate of drug-likeness (QED) is 0.418. The Bertz CT molecular complexity index is 1660. The molecule has 5 rings (SSSR count). The van der Waals surface area contributed by atoms with E-state index in [2.05, 4.69) is 21.7 Å². The van der Waals surface area contributed by atoms with Gasteiger partial charge >= 0.3 is 5.69 Å². The fourth-order valence-corrected chi connectivity index (χ4v) is 4.66. The number of fused-ring (bicyclic) bond motifs is 1. The largest absolute Gasteiger partial charge is 0.341 e. The average molecular weight is 495 g/mol. The average Bonchev–Trinajstić information content (AvgIpc) is 3.30. The van der Waals surface area contributed by atoms with E-state index in [9.17, 15) is 9.59 Å². The number of nitrogens with two attached hydrogens (primary N) is 1. The molecule has 0 amide bonds. The topological polar surface area (TPSA) is 128 Å². The van der Waals surface area contributed by atoms with E-state index in [1.165, 1.54) is 10.8 Å². The number of nitrogens with zero attached hydrogens (tertiary/aromatic N) is 7. The molecule has 0 radical (unpaired) electrons. The molecule has 0 spiro atoms. The molecule has 0 saturated carbocycles. The van der Waals surface area contributed by atoms with Gasteiger partial charge in [0.1, 0.15) is 6.07 Å². The van der Waals surface area contributed by atoms with Crippen LogP contribution in [0.15, 0.2) is 58.3 Å². The van der Waals surface area contributed by atoms with Crippen LogP contribution < -0.4 is 21.9 Å². The van der Waals surface area contributed by atoms with E-state index in [4.69, 9.17) is 16.0 Å². The van der Waals surface area contributed by atoms with Crippen LogP contribution in [0.1, 0.15) is 31.0 Å². The van der Waals surface area contributed by atoms with Gasteiger partial charge in [0.2, 0.25) is 5.95 Å². The maximum atomic E-state index is 13.9. The Morgan fingerprint density at radius 1 is 1.14 bits per heavy atom. The van der Waals surface area contributed by atoms with Crippen LogP contribution in [0.4, 0.5) is 5.95 Å². The lowest BCUT2D eigenvalue weighted by molar-refractivity contribution is 0.496. The highest BCUT2D eigenvalue weighted by atomic mass is 16.2. The molecule has 0 bridgehead atoms. The van der Waals surface area contributed by atoms with E-state index in [1.54, 1.807) is 35.8 Å². The molecule has 1 atom stereocenters. The Kier molecular flexibility index (Phi) is 6.59. The fraction of sp³-hybridized carbons (Fsp3) is 0.296. The lowest BCUT2D eigenvalue weighted by Gasteiger charge is -2.31. The first kappa shape index (κ1) is 24.0. The number of hydrogen-bond acceptors (Lipinski definition) is 7. The number of para-hydroxylation sites is 1. The predicted octanol–water partition coefficient (Wildman–Crippen LogP) is 1.61. The van der Waals surface area contributed by atoms with Crippen molar-refractivity contribution in [1.29, 1.82) is 5.26 Å². The molecule has 4 aromatic rings. The van der Waals surface area contributed by atoms with Crippen LogP contribution in [0, 0.1) is 23.2 Å². The van der Waals surface area contributed by atoms with Gasteiger partial charge in [-0.1, -0.05) is 24.1 Å². The smallest absolute Gasteiger partial charge is 0.337 e. The standard InChI is InChI=1S/C27H26N8O2/c1-2-3-14-33-23-24(31-26(33)32-13-7-8-20(29)17-32)35(22-9-5-4-6-10-22)27(37)34(25(23)36)18-21-12-11-19(15-28)16-30-21/h4-6,9-12,16,20H,7-8,13-14,17-18,29H2,1H3/t20-/m1/s1. The molecule has 2 N–H and O–H groups in total. The van der Waals surface area contributed by atoms with Crippen LogP contribution in [0.5, 0.6) is 0 Å². The van der Waals surface area contributed by atoms with E-state index in [1.807, 2.05) is 24.3 Å². The molecule has 0 unspecified atom stereocenters. The molecule has 3 aromatic heterocycles. The third-order valence-corrected chi connectivity index (χ3v) is 6.45. The molecule has 10 heteroatoms. The summed E-state index contributed by atoms with van der Waals surface area (Å²) in [6.45, 7) is 3.27. The van der Waals surface area contributed by atoms with Gasteiger partial charge in [0.05, 0.1) is 30.0 Å². The second-order valence-electron chi connectivity index (χ2n) is 8.94. The first-order valence-corrected chi connectivity index (χ1v) is 12.1. The number of pyridine rings is 1. The van der Waals surface area contributed by atoms with E-state index in [-0.39, 0.29) is 30.3 Å². The third kappa shape index (κ3) is 4.51. The first-order chi connectivity index (χ1) is 18.0. The summed E-state index contributed by atoms with van der Waals surface area (Å²) in [7, 11) is 0. The van der Waals surface area contributed by atoms with Crippen molar-refractivity contribution in [3.8, 4) is 23.6 Å². The second kappa shape index (κ2) is 10.1. The fourth-order valence-electron chi connectivity index (χ4n) is 4.66. The molecule has 37 heavy (non-hydrogen) atoms. The van der Waals surface area contributed by atoms with E-state index in [0.717, 1.165) is 24.0 Å². The number of piperidine rings is 1. The molecule has 1 aromatic carbocycles. The highest BCUT2D eigenvalue weighted by Crippen LogP contribution is 2.24. The van der Waals surface area contributed by atoms with Crippen molar-refractivity contribution in [2.45, 2.75) is 38.9 Å². The zero-order valence-corrected chi connectivity index (χ0v) is 20.5. The number of imidazole rings is 1. The molecule has 1 fully saturated rings. The molecule has 10 nitrogen and oxygen atoms in total. The summed E-state index contributed by atoms with van der Waals surface area (Å²) in [6.07, 6.45) is 3.25. The van der Waals surface area contributed by atoms with Crippen LogP contribution >= 0.6 is 0 Å². The van der Waals surface area contributed by atoms with Crippen molar-refractivity contribution in [3.63, 3.8) is 0 Å². The minimum absolute atomic E-state index is 0.00491. The Balaban J connectivity index is 1.80. The molecule has 1 saturated heterocycles. The van der Waals surface area contributed by atoms with Gasteiger partial charge in [-0.05, 0) is 44.0 Å². The van der Waals surface area contributed by atoms with Crippen molar-refractivity contribution >= 4 is 17.1 Å².